The summed E-state index contributed by atoms with van der Waals surface area (Å²) in [5.74, 6) is 0.978. The van der Waals surface area contributed by atoms with Gasteiger partial charge in [0.25, 0.3) is 0 Å². The molecule has 0 aromatic rings. The largest absolute Gasteiger partial charge is 0.359 e. The summed E-state index contributed by atoms with van der Waals surface area (Å²) in [6.45, 7) is 4.36. The van der Waals surface area contributed by atoms with Crippen LogP contribution in [0.1, 0.15) is 19.3 Å². The number of likely N-dealkylation sites (tertiary alicyclic amines) is 1. The molecule has 0 aromatic carbocycles. The summed E-state index contributed by atoms with van der Waals surface area (Å²) in [6.07, 6.45) is 3.28. The number of nitrogens with zero attached hydrogens (tertiary/aromatic N) is 1. The maximum absolute atomic E-state index is 11.2. The molecule has 0 aliphatic carbocycles. The quantitative estimate of drug-likeness (QED) is 0.680. The summed E-state index contributed by atoms with van der Waals surface area (Å²) < 4.78 is 0. The first kappa shape index (κ1) is 10.9. The van der Waals surface area contributed by atoms with E-state index in [0.717, 1.165) is 19.0 Å². The average Bonchev–Trinajstić information content (AvgIpc) is 2.74. The molecule has 0 bridgehead atoms. The third kappa shape index (κ3) is 2.49. The van der Waals surface area contributed by atoms with E-state index < -0.39 is 0 Å². The molecule has 0 saturated carbocycles. The molecule has 4 nitrogen and oxygen atoms in total. The van der Waals surface area contributed by atoms with Crippen LogP contribution in [0.5, 0.6) is 0 Å². The molecular formula is C11H21N3O. The van der Waals surface area contributed by atoms with Gasteiger partial charge in [0, 0.05) is 32.6 Å². The van der Waals surface area contributed by atoms with Crippen molar-refractivity contribution in [2.24, 2.45) is 5.92 Å². The molecule has 0 spiro atoms. The lowest BCUT2D eigenvalue weighted by Crippen LogP contribution is -2.46. The van der Waals surface area contributed by atoms with E-state index in [1.165, 1.54) is 25.9 Å². The molecule has 0 aromatic heterocycles. The molecule has 2 unspecified atom stereocenters. The molecule has 2 N–H and O–H groups in total. The third-order valence-corrected chi connectivity index (χ3v) is 3.70. The standard InChI is InChI=1S/C11H21N3O/c1-12-11(15)4-6-14-5-2-3-9-7-13-8-10(9)14/h9-10,13H,2-8H2,1H3,(H,12,15). The summed E-state index contributed by atoms with van der Waals surface area (Å²) in [4.78, 5) is 13.7. The Balaban J connectivity index is 1.82. The second-order valence-electron chi connectivity index (χ2n) is 4.59. The van der Waals surface area contributed by atoms with Crippen molar-refractivity contribution in [3.05, 3.63) is 0 Å². The molecule has 2 fully saturated rings. The van der Waals surface area contributed by atoms with Gasteiger partial charge in [-0.2, -0.15) is 0 Å². The van der Waals surface area contributed by atoms with Gasteiger partial charge in [-0.05, 0) is 31.8 Å². The Kier molecular flexibility index (Phi) is 3.59. The van der Waals surface area contributed by atoms with Gasteiger partial charge in [0.2, 0.25) is 5.91 Å². The van der Waals surface area contributed by atoms with Crippen LogP contribution in [0.4, 0.5) is 0 Å². The molecule has 2 saturated heterocycles. The van der Waals surface area contributed by atoms with Crippen molar-refractivity contribution >= 4 is 5.91 Å². The Morgan fingerprint density at radius 3 is 3.20 bits per heavy atom. The van der Waals surface area contributed by atoms with E-state index in [9.17, 15) is 4.79 Å². The lowest BCUT2D eigenvalue weighted by atomic mass is 9.92. The van der Waals surface area contributed by atoms with Crippen LogP contribution in [0.2, 0.25) is 0 Å². The predicted molar refractivity (Wildman–Crippen MR) is 59.6 cm³/mol. The van der Waals surface area contributed by atoms with Crippen molar-refractivity contribution in [2.45, 2.75) is 25.3 Å². The van der Waals surface area contributed by atoms with E-state index in [4.69, 9.17) is 0 Å². The molecular weight excluding hydrogens is 190 g/mol. The van der Waals surface area contributed by atoms with E-state index in [2.05, 4.69) is 15.5 Å². The minimum Gasteiger partial charge on any atom is -0.359 e. The smallest absolute Gasteiger partial charge is 0.221 e. The Morgan fingerprint density at radius 2 is 2.40 bits per heavy atom. The van der Waals surface area contributed by atoms with Crippen molar-refractivity contribution in [1.29, 1.82) is 0 Å². The van der Waals surface area contributed by atoms with E-state index >= 15 is 0 Å². The fraction of sp³-hybridized carbons (Fsp3) is 0.909. The fourth-order valence-electron chi connectivity index (χ4n) is 2.81. The summed E-state index contributed by atoms with van der Waals surface area (Å²) in [5.41, 5.74) is 0. The highest BCUT2D eigenvalue weighted by Crippen LogP contribution is 2.26. The van der Waals surface area contributed by atoms with E-state index in [-0.39, 0.29) is 5.91 Å². The van der Waals surface area contributed by atoms with Crippen LogP contribution < -0.4 is 10.6 Å². The summed E-state index contributed by atoms with van der Waals surface area (Å²) in [5, 5.41) is 6.14. The molecule has 2 heterocycles. The van der Waals surface area contributed by atoms with Crippen LogP contribution in [-0.2, 0) is 4.79 Å². The van der Waals surface area contributed by atoms with Crippen LogP contribution >= 0.6 is 0 Å². The van der Waals surface area contributed by atoms with Gasteiger partial charge in [0.15, 0.2) is 0 Å². The second kappa shape index (κ2) is 4.94. The normalized spacial score (nSPS) is 31.3. The number of amides is 1. The van der Waals surface area contributed by atoms with Gasteiger partial charge in [0.05, 0.1) is 0 Å². The van der Waals surface area contributed by atoms with Gasteiger partial charge < -0.3 is 10.6 Å². The molecule has 0 radical (unpaired) electrons. The van der Waals surface area contributed by atoms with Gasteiger partial charge in [0.1, 0.15) is 0 Å². The lowest BCUT2D eigenvalue weighted by Gasteiger charge is -2.36. The summed E-state index contributed by atoms with van der Waals surface area (Å²) in [7, 11) is 1.71. The summed E-state index contributed by atoms with van der Waals surface area (Å²) in [6, 6.07) is 0.684. The van der Waals surface area contributed by atoms with Gasteiger partial charge >= 0.3 is 0 Å². The number of fused-ring (bicyclic) bond motifs is 1. The highest BCUT2D eigenvalue weighted by Gasteiger charge is 2.34. The number of carbonyl (C=O) groups is 1. The third-order valence-electron chi connectivity index (χ3n) is 3.70. The highest BCUT2D eigenvalue weighted by atomic mass is 16.1. The summed E-state index contributed by atoms with van der Waals surface area (Å²) >= 11 is 0. The van der Waals surface area contributed by atoms with Crippen LogP contribution in [0.25, 0.3) is 0 Å². The Labute approximate surface area is 91.4 Å². The van der Waals surface area contributed by atoms with Crippen molar-refractivity contribution < 1.29 is 4.79 Å². The van der Waals surface area contributed by atoms with Gasteiger partial charge in [-0.15, -0.1) is 0 Å². The monoisotopic (exact) mass is 211 g/mol. The van der Waals surface area contributed by atoms with Crippen molar-refractivity contribution in [2.75, 3.05) is 33.2 Å². The van der Waals surface area contributed by atoms with E-state index in [0.29, 0.717) is 12.5 Å². The van der Waals surface area contributed by atoms with Crippen LogP contribution in [0, 0.1) is 5.92 Å². The van der Waals surface area contributed by atoms with E-state index in [1.807, 2.05) is 0 Å². The minimum atomic E-state index is 0.156. The van der Waals surface area contributed by atoms with Crippen LogP contribution in [-0.4, -0.2) is 50.1 Å². The molecule has 2 aliphatic rings. The SMILES string of the molecule is CNC(=O)CCN1CCCC2CNCC21. The van der Waals surface area contributed by atoms with E-state index in [1.54, 1.807) is 7.05 Å². The maximum atomic E-state index is 11.2. The number of piperidine rings is 1. The van der Waals surface area contributed by atoms with Gasteiger partial charge in [-0.3, -0.25) is 9.69 Å². The predicted octanol–water partition coefficient (Wildman–Crippen LogP) is -0.194. The molecule has 2 aliphatic heterocycles. The first-order valence-corrected chi connectivity index (χ1v) is 5.96. The van der Waals surface area contributed by atoms with Crippen molar-refractivity contribution in [3.8, 4) is 0 Å². The molecule has 15 heavy (non-hydrogen) atoms. The zero-order valence-corrected chi connectivity index (χ0v) is 9.46. The Hall–Kier alpha value is -0.610. The number of rotatable bonds is 3. The number of nitrogens with one attached hydrogen (secondary N) is 2. The topological polar surface area (TPSA) is 44.4 Å². The van der Waals surface area contributed by atoms with Crippen LogP contribution in [0.15, 0.2) is 0 Å². The van der Waals surface area contributed by atoms with Crippen LogP contribution in [0.3, 0.4) is 0 Å². The molecule has 4 heteroatoms. The number of carbonyl (C=O) groups excluding carboxylic acids is 1. The number of hydrogen-bond acceptors (Lipinski definition) is 3. The molecule has 2 atom stereocenters. The van der Waals surface area contributed by atoms with Crippen molar-refractivity contribution in [3.63, 3.8) is 0 Å². The molecule has 1 amide bonds. The lowest BCUT2D eigenvalue weighted by molar-refractivity contribution is -0.121. The highest BCUT2D eigenvalue weighted by molar-refractivity contribution is 5.75. The van der Waals surface area contributed by atoms with Crippen molar-refractivity contribution in [1.82, 2.24) is 15.5 Å². The second-order valence-corrected chi connectivity index (χ2v) is 4.59. The Morgan fingerprint density at radius 1 is 1.53 bits per heavy atom. The fourth-order valence-corrected chi connectivity index (χ4v) is 2.81. The maximum Gasteiger partial charge on any atom is 0.221 e. The first-order valence-electron chi connectivity index (χ1n) is 5.96. The average molecular weight is 211 g/mol. The zero-order chi connectivity index (χ0) is 10.7. The molecule has 2 rings (SSSR count). The Bertz CT molecular complexity index is 232. The number of hydrogen-bond donors (Lipinski definition) is 2. The van der Waals surface area contributed by atoms with Gasteiger partial charge in [-0.25, -0.2) is 0 Å². The minimum absolute atomic E-state index is 0.156. The molecule has 86 valence electrons. The zero-order valence-electron chi connectivity index (χ0n) is 9.46. The first-order chi connectivity index (χ1) is 7.31. The van der Waals surface area contributed by atoms with Gasteiger partial charge in [-0.1, -0.05) is 0 Å².